The maximum Gasteiger partial charge on any atom is 0.352 e. The highest BCUT2D eigenvalue weighted by Crippen LogP contribution is 2.39. The van der Waals surface area contributed by atoms with E-state index in [9.17, 15) is 9.90 Å². The minimum Gasteiger partial charge on any atom is -0.493 e. The van der Waals surface area contributed by atoms with E-state index < -0.39 is 5.97 Å². The minimum atomic E-state index is -0.889. The highest BCUT2D eigenvalue weighted by Gasteiger charge is 2.27. The second-order valence-electron chi connectivity index (χ2n) is 10.4. The van der Waals surface area contributed by atoms with Gasteiger partial charge in [0.2, 0.25) is 0 Å². The number of para-hydroxylation sites is 1. The summed E-state index contributed by atoms with van der Waals surface area (Å²) in [4.78, 5) is 12.8. The molecular formula is C33H35N3O4. The van der Waals surface area contributed by atoms with E-state index >= 15 is 0 Å². The summed E-state index contributed by atoms with van der Waals surface area (Å²) in [6.45, 7) is 4.33. The second kappa shape index (κ2) is 11.2. The Balaban J connectivity index is 1.40. The first-order chi connectivity index (χ1) is 19.6. The molecule has 40 heavy (non-hydrogen) atoms. The van der Waals surface area contributed by atoms with Crippen molar-refractivity contribution in [2.75, 3.05) is 13.2 Å². The van der Waals surface area contributed by atoms with Gasteiger partial charge in [-0.2, -0.15) is 5.10 Å². The molecule has 0 radical (unpaired) electrons. The van der Waals surface area contributed by atoms with Gasteiger partial charge in [0.1, 0.15) is 11.4 Å². The van der Waals surface area contributed by atoms with Gasteiger partial charge >= 0.3 is 5.97 Å². The summed E-state index contributed by atoms with van der Waals surface area (Å²) in [6.07, 6.45) is 3.84. The number of nitrogens with zero attached hydrogens (tertiary/aromatic N) is 3. The van der Waals surface area contributed by atoms with Gasteiger partial charge in [-0.15, -0.1) is 0 Å². The molecule has 206 valence electrons. The van der Waals surface area contributed by atoms with Crippen LogP contribution in [0.2, 0.25) is 0 Å². The van der Waals surface area contributed by atoms with Gasteiger partial charge in [0, 0.05) is 47.8 Å². The fourth-order valence-corrected chi connectivity index (χ4v) is 6.24. The van der Waals surface area contributed by atoms with Crippen LogP contribution in [0.1, 0.15) is 53.6 Å². The zero-order chi connectivity index (χ0) is 27.6. The number of rotatable bonds is 7. The standard InChI is InChI=1S/C33H35N3O4/c1-3-28-30-26-15-9-14-24-25(16-10-20-40-29-17-8-12-22-11-4-5-13-23(22)29)32(33(37)38)36(31(24)26)18-6-7-19-39-21-27(30)34-35(28)2/h4-5,8-9,11-15,17H,3,6-7,10,16,18-21H2,1-2H3,(H,37,38). The molecule has 1 aliphatic rings. The molecule has 3 aromatic carbocycles. The van der Waals surface area contributed by atoms with Crippen LogP contribution >= 0.6 is 0 Å². The van der Waals surface area contributed by atoms with Gasteiger partial charge in [0.05, 0.1) is 24.4 Å². The monoisotopic (exact) mass is 537 g/mol. The number of carboxylic acids is 1. The Morgan fingerprint density at radius 1 is 1.05 bits per heavy atom. The molecule has 3 heterocycles. The Morgan fingerprint density at radius 2 is 1.85 bits per heavy atom. The summed E-state index contributed by atoms with van der Waals surface area (Å²) >= 11 is 0. The first kappa shape index (κ1) is 26.1. The molecule has 0 saturated heterocycles. The molecule has 0 aliphatic carbocycles. The average Bonchev–Trinajstić information content (AvgIpc) is 3.45. The fraction of sp³-hybridized carbons (Fsp3) is 0.333. The van der Waals surface area contributed by atoms with Crippen molar-refractivity contribution in [3.63, 3.8) is 0 Å². The quantitative estimate of drug-likeness (QED) is 0.232. The third kappa shape index (κ3) is 4.64. The van der Waals surface area contributed by atoms with E-state index in [0.717, 1.165) is 74.8 Å². The van der Waals surface area contributed by atoms with Gasteiger partial charge in [-0.1, -0.05) is 61.5 Å². The normalized spacial score (nSPS) is 13.8. The van der Waals surface area contributed by atoms with E-state index in [4.69, 9.17) is 14.6 Å². The van der Waals surface area contributed by atoms with Crippen molar-refractivity contribution in [1.29, 1.82) is 0 Å². The van der Waals surface area contributed by atoms with Crippen molar-refractivity contribution in [2.45, 2.75) is 52.2 Å². The number of benzene rings is 3. The minimum absolute atomic E-state index is 0.385. The topological polar surface area (TPSA) is 78.5 Å². The van der Waals surface area contributed by atoms with Crippen molar-refractivity contribution < 1.29 is 19.4 Å². The lowest BCUT2D eigenvalue weighted by Gasteiger charge is -2.12. The molecule has 0 fully saturated rings. The van der Waals surface area contributed by atoms with Crippen LogP contribution in [0.3, 0.4) is 0 Å². The molecule has 0 atom stereocenters. The van der Waals surface area contributed by atoms with Crippen LogP contribution in [0.25, 0.3) is 32.8 Å². The van der Waals surface area contributed by atoms with E-state index in [0.29, 0.717) is 44.9 Å². The Morgan fingerprint density at radius 3 is 2.70 bits per heavy atom. The number of aromatic nitrogens is 3. The molecule has 7 nitrogen and oxygen atoms in total. The zero-order valence-corrected chi connectivity index (χ0v) is 23.2. The molecule has 0 amide bonds. The van der Waals surface area contributed by atoms with Crippen molar-refractivity contribution in [1.82, 2.24) is 14.3 Å². The van der Waals surface area contributed by atoms with Gasteiger partial charge in [-0.3, -0.25) is 4.68 Å². The summed E-state index contributed by atoms with van der Waals surface area (Å²) in [7, 11) is 1.97. The predicted molar refractivity (Wildman–Crippen MR) is 157 cm³/mol. The summed E-state index contributed by atoms with van der Waals surface area (Å²) in [5, 5.41) is 18.5. The number of aromatic carboxylic acids is 1. The summed E-state index contributed by atoms with van der Waals surface area (Å²) in [6, 6.07) is 20.5. The SMILES string of the molecule is CCc1c2c(nn1C)COCCCCn1c(C(=O)O)c(CCCOc3cccc4ccccc34)c3cccc-2c31. The van der Waals surface area contributed by atoms with E-state index in [1.165, 1.54) is 0 Å². The molecule has 0 bridgehead atoms. The molecule has 1 aliphatic heterocycles. The number of carboxylic acid groups (broad SMARTS) is 1. The Bertz CT molecular complexity index is 1690. The Kier molecular flexibility index (Phi) is 7.30. The molecule has 2 aromatic heterocycles. The van der Waals surface area contributed by atoms with Gasteiger partial charge in [0.25, 0.3) is 0 Å². The van der Waals surface area contributed by atoms with Crippen LogP contribution in [0.15, 0.2) is 60.7 Å². The molecule has 1 N–H and O–H groups in total. The molecule has 5 aromatic rings. The zero-order valence-electron chi connectivity index (χ0n) is 23.2. The Hall–Kier alpha value is -4.10. The smallest absolute Gasteiger partial charge is 0.352 e. The third-order valence-corrected chi connectivity index (χ3v) is 7.97. The number of carbonyl (C=O) groups is 1. The predicted octanol–water partition coefficient (Wildman–Crippen LogP) is 6.78. The lowest BCUT2D eigenvalue weighted by Crippen LogP contribution is -2.12. The molecule has 7 heteroatoms. The first-order valence-electron chi connectivity index (χ1n) is 14.2. The van der Waals surface area contributed by atoms with Crippen LogP contribution in [0.4, 0.5) is 0 Å². The fourth-order valence-electron chi connectivity index (χ4n) is 6.24. The first-order valence-corrected chi connectivity index (χ1v) is 14.2. The highest BCUT2D eigenvalue weighted by molar-refractivity contribution is 6.04. The average molecular weight is 538 g/mol. The van der Waals surface area contributed by atoms with Crippen molar-refractivity contribution in [3.8, 4) is 16.9 Å². The summed E-state index contributed by atoms with van der Waals surface area (Å²) < 4.78 is 16.2. The number of fused-ring (bicyclic) bond motifs is 3. The van der Waals surface area contributed by atoms with Crippen LogP contribution in [0, 0.1) is 0 Å². The Labute approximate surface area is 233 Å². The van der Waals surface area contributed by atoms with E-state index in [2.05, 4.69) is 37.3 Å². The van der Waals surface area contributed by atoms with Crippen molar-refractivity contribution in [3.05, 3.63) is 83.3 Å². The van der Waals surface area contributed by atoms with Crippen LogP contribution in [-0.4, -0.2) is 38.6 Å². The van der Waals surface area contributed by atoms with E-state index in [1.54, 1.807) is 0 Å². The summed E-state index contributed by atoms with van der Waals surface area (Å²) in [5.41, 5.74) is 6.38. The van der Waals surface area contributed by atoms with Crippen LogP contribution in [0.5, 0.6) is 5.75 Å². The number of hydrogen-bond acceptors (Lipinski definition) is 4. The van der Waals surface area contributed by atoms with Gasteiger partial charge in [-0.05, 0) is 49.1 Å². The maximum atomic E-state index is 12.8. The molecule has 0 spiro atoms. The van der Waals surface area contributed by atoms with Gasteiger partial charge in [-0.25, -0.2) is 4.79 Å². The molecule has 0 saturated carbocycles. The maximum absolute atomic E-state index is 12.8. The van der Waals surface area contributed by atoms with Crippen molar-refractivity contribution >= 4 is 27.6 Å². The molecule has 6 rings (SSSR count). The highest BCUT2D eigenvalue weighted by atomic mass is 16.5. The lowest BCUT2D eigenvalue weighted by atomic mass is 9.97. The molecule has 0 unspecified atom stereocenters. The molecular weight excluding hydrogens is 502 g/mol. The largest absolute Gasteiger partial charge is 0.493 e. The number of aryl methyl sites for hydroxylation is 3. The summed E-state index contributed by atoms with van der Waals surface area (Å²) in [5.74, 6) is -0.0329. The van der Waals surface area contributed by atoms with Crippen molar-refractivity contribution in [2.24, 2.45) is 7.05 Å². The van der Waals surface area contributed by atoms with E-state index in [-0.39, 0.29) is 0 Å². The number of hydrogen-bond donors (Lipinski definition) is 1. The number of ether oxygens (including phenoxy) is 2. The van der Waals surface area contributed by atoms with Crippen LogP contribution in [-0.2, 0) is 37.8 Å². The lowest BCUT2D eigenvalue weighted by molar-refractivity contribution is 0.0683. The van der Waals surface area contributed by atoms with Gasteiger partial charge in [0.15, 0.2) is 0 Å². The van der Waals surface area contributed by atoms with Crippen LogP contribution < -0.4 is 4.74 Å². The third-order valence-electron chi connectivity index (χ3n) is 7.97. The van der Waals surface area contributed by atoms with Gasteiger partial charge < -0.3 is 19.1 Å². The van der Waals surface area contributed by atoms with E-state index in [1.807, 2.05) is 46.6 Å². The second-order valence-corrected chi connectivity index (χ2v) is 10.4.